The molecule has 0 aliphatic carbocycles. The van der Waals surface area contributed by atoms with Crippen molar-refractivity contribution in [2.45, 2.75) is 39.5 Å². The summed E-state index contributed by atoms with van der Waals surface area (Å²) in [5.74, 6) is -0.114. The smallest absolute Gasteiger partial charge is 0.261 e. The van der Waals surface area contributed by atoms with Crippen LogP contribution in [-0.2, 0) is 11.3 Å². The monoisotopic (exact) mass is 488 g/mol. The molecule has 2 aromatic heterocycles. The second-order valence-electron chi connectivity index (χ2n) is 9.01. The van der Waals surface area contributed by atoms with Crippen LogP contribution in [0.4, 0.5) is 0 Å². The first kappa shape index (κ1) is 23.3. The molecule has 35 heavy (non-hydrogen) atoms. The van der Waals surface area contributed by atoms with E-state index in [0.29, 0.717) is 30.1 Å². The van der Waals surface area contributed by atoms with E-state index in [-0.39, 0.29) is 24.0 Å². The summed E-state index contributed by atoms with van der Waals surface area (Å²) in [6.07, 6.45) is 0.0660. The summed E-state index contributed by atoms with van der Waals surface area (Å²) in [7, 11) is 0. The molecule has 1 N–H and O–H groups in total. The number of nitrogens with zero attached hydrogens (tertiary/aromatic N) is 3. The van der Waals surface area contributed by atoms with E-state index in [0.717, 1.165) is 27.2 Å². The first-order valence-electron chi connectivity index (χ1n) is 11.8. The molecule has 0 saturated carbocycles. The first-order valence-corrected chi connectivity index (χ1v) is 12.6. The number of morpholine rings is 1. The average Bonchev–Trinajstić information content (AvgIpc) is 3.43. The van der Waals surface area contributed by atoms with Gasteiger partial charge in [0.25, 0.3) is 11.8 Å². The minimum absolute atomic E-state index is 0.00990. The quantitative estimate of drug-likeness (QED) is 0.446. The molecular formula is C27H28N4O3S. The van der Waals surface area contributed by atoms with Crippen molar-refractivity contribution in [2.24, 2.45) is 0 Å². The van der Waals surface area contributed by atoms with Crippen molar-refractivity contribution in [1.29, 1.82) is 0 Å². The normalized spacial score (nSPS) is 18.1. The molecule has 1 fully saturated rings. The summed E-state index contributed by atoms with van der Waals surface area (Å²) in [4.78, 5) is 29.2. The maximum atomic E-state index is 12.9. The number of ether oxygens (including phenoxy) is 1. The Balaban J connectivity index is 1.25. The molecule has 1 saturated heterocycles. The number of hydrogen-bond acceptors (Lipinski definition) is 5. The molecule has 0 bridgehead atoms. The first-order chi connectivity index (χ1) is 16.9. The Morgan fingerprint density at radius 3 is 2.43 bits per heavy atom. The predicted octanol–water partition coefficient (Wildman–Crippen LogP) is 4.57. The van der Waals surface area contributed by atoms with Crippen LogP contribution >= 0.6 is 11.3 Å². The maximum Gasteiger partial charge on any atom is 0.261 e. The van der Waals surface area contributed by atoms with Gasteiger partial charge in [0.15, 0.2) is 0 Å². The maximum absolute atomic E-state index is 12.9. The van der Waals surface area contributed by atoms with Crippen molar-refractivity contribution in [3.8, 4) is 5.69 Å². The molecule has 5 rings (SSSR count). The molecule has 0 radical (unpaired) electrons. The number of nitrogens with one attached hydrogen (secondary N) is 1. The molecule has 2 unspecified atom stereocenters. The van der Waals surface area contributed by atoms with Gasteiger partial charge in [0.1, 0.15) is 4.83 Å². The van der Waals surface area contributed by atoms with Crippen molar-refractivity contribution in [3.05, 3.63) is 82.4 Å². The molecule has 8 heteroatoms. The molecule has 180 valence electrons. The highest BCUT2D eigenvalue weighted by Gasteiger charge is 2.26. The minimum Gasteiger partial charge on any atom is -0.372 e. The number of amides is 2. The Labute approximate surface area is 208 Å². The van der Waals surface area contributed by atoms with Gasteiger partial charge in [0.05, 0.1) is 28.5 Å². The zero-order chi connectivity index (χ0) is 24.5. The lowest BCUT2D eigenvalue weighted by Gasteiger charge is -2.35. The summed E-state index contributed by atoms with van der Waals surface area (Å²) in [5, 5.41) is 8.62. The van der Waals surface area contributed by atoms with Crippen LogP contribution in [0.15, 0.2) is 60.7 Å². The Morgan fingerprint density at radius 2 is 1.74 bits per heavy atom. The molecule has 7 nitrogen and oxygen atoms in total. The second kappa shape index (κ2) is 9.64. The van der Waals surface area contributed by atoms with Gasteiger partial charge in [0.2, 0.25) is 0 Å². The van der Waals surface area contributed by atoms with E-state index in [4.69, 9.17) is 4.74 Å². The molecule has 2 amide bonds. The predicted molar refractivity (Wildman–Crippen MR) is 137 cm³/mol. The van der Waals surface area contributed by atoms with Gasteiger partial charge in [-0.3, -0.25) is 9.59 Å². The number of hydrogen-bond donors (Lipinski definition) is 1. The Hall–Kier alpha value is -3.49. The lowest BCUT2D eigenvalue weighted by atomic mass is 10.1. The largest absolute Gasteiger partial charge is 0.372 e. The lowest BCUT2D eigenvalue weighted by Crippen LogP contribution is -2.48. The van der Waals surface area contributed by atoms with Crippen LogP contribution in [0.2, 0.25) is 0 Å². The van der Waals surface area contributed by atoms with E-state index in [1.54, 1.807) is 0 Å². The Morgan fingerprint density at radius 1 is 1.06 bits per heavy atom. The van der Waals surface area contributed by atoms with E-state index in [1.807, 2.05) is 91.0 Å². The van der Waals surface area contributed by atoms with E-state index < -0.39 is 0 Å². The molecule has 1 aliphatic rings. The van der Waals surface area contributed by atoms with Gasteiger partial charge in [0, 0.05) is 30.6 Å². The molecule has 2 aromatic carbocycles. The number of aryl methyl sites for hydroxylation is 1. The highest BCUT2D eigenvalue weighted by Crippen LogP contribution is 2.30. The van der Waals surface area contributed by atoms with Crippen LogP contribution < -0.4 is 5.32 Å². The highest BCUT2D eigenvalue weighted by atomic mass is 32.1. The average molecular weight is 489 g/mol. The van der Waals surface area contributed by atoms with Crippen molar-refractivity contribution in [3.63, 3.8) is 0 Å². The number of carbonyl (C=O) groups is 2. The summed E-state index contributed by atoms with van der Waals surface area (Å²) in [6, 6.07) is 19.3. The standard InChI is InChI=1S/C27H28N4O3S/c1-17-15-30(16-18(2)34-17)26(33)21-11-9-20(10-12-21)14-28-25(32)24-13-23-19(3)29-31(27(23)35-24)22-7-5-4-6-8-22/h4-13,17-18H,14-16H2,1-3H3,(H,28,32). The van der Waals surface area contributed by atoms with E-state index in [1.165, 1.54) is 11.3 Å². The number of para-hydroxylation sites is 1. The number of fused-ring (bicyclic) bond motifs is 1. The van der Waals surface area contributed by atoms with Crippen LogP contribution in [0.5, 0.6) is 0 Å². The Kier molecular flexibility index (Phi) is 6.40. The number of rotatable bonds is 5. The summed E-state index contributed by atoms with van der Waals surface area (Å²) in [6.45, 7) is 7.50. The van der Waals surface area contributed by atoms with Crippen LogP contribution in [0, 0.1) is 6.92 Å². The van der Waals surface area contributed by atoms with Gasteiger partial charge in [-0.2, -0.15) is 5.10 Å². The number of thiophene rings is 1. The van der Waals surface area contributed by atoms with Gasteiger partial charge in [-0.15, -0.1) is 11.3 Å². The summed E-state index contributed by atoms with van der Waals surface area (Å²) < 4.78 is 7.61. The van der Waals surface area contributed by atoms with Crippen LogP contribution in [-0.4, -0.2) is 51.8 Å². The van der Waals surface area contributed by atoms with E-state index >= 15 is 0 Å². The zero-order valence-electron chi connectivity index (χ0n) is 20.0. The molecule has 1 aliphatic heterocycles. The molecule has 3 heterocycles. The number of aromatic nitrogens is 2. The lowest BCUT2D eigenvalue weighted by molar-refractivity contribution is -0.0586. The fraction of sp³-hybridized carbons (Fsp3) is 0.296. The van der Waals surface area contributed by atoms with E-state index in [9.17, 15) is 9.59 Å². The van der Waals surface area contributed by atoms with Crippen LogP contribution in [0.3, 0.4) is 0 Å². The van der Waals surface area contributed by atoms with Crippen molar-refractivity contribution < 1.29 is 14.3 Å². The van der Waals surface area contributed by atoms with Gasteiger partial charge in [-0.1, -0.05) is 30.3 Å². The van der Waals surface area contributed by atoms with Gasteiger partial charge in [-0.25, -0.2) is 4.68 Å². The van der Waals surface area contributed by atoms with Crippen molar-refractivity contribution in [1.82, 2.24) is 20.0 Å². The fourth-order valence-electron chi connectivity index (χ4n) is 4.46. The van der Waals surface area contributed by atoms with Crippen molar-refractivity contribution in [2.75, 3.05) is 13.1 Å². The SMILES string of the molecule is Cc1nn(-c2ccccc2)c2sc(C(=O)NCc3ccc(C(=O)N4CC(C)OC(C)C4)cc3)cc12. The Bertz CT molecular complexity index is 1350. The molecule has 0 spiro atoms. The highest BCUT2D eigenvalue weighted by molar-refractivity contribution is 7.20. The fourth-order valence-corrected chi connectivity index (χ4v) is 5.56. The van der Waals surface area contributed by atoms with Crippen molar-refractivity contribution >= 4 is 33.4 Å². The number of carbonyl (C=O) groups excluding carboxylic acids is 2. The third-order valence-electron chi connectivity index (χ3n) is 6.13. The third kappa shape index (κ3) is 4.85. The van der Waals surface area contributed by atoms with Gasteiger partial charge < -0.3 is 15.0 Å². The third-order valence-corrected chi connectivity index (χ3v) is 7.24. The van der Waals surface area contributed by atoms with Crippen LogP contribution in [0.1, 0.15) is 45.1 Å². The van der Waals surface area contributed by atoms with Gasteiger partial charge in [-0.05, 0) is 56.7 Å². The topological polar surface area (TPSA) is 76.5 Å². The summed E-state index contributed by atoms with van der Waals surface area (Å²) in [5.41, 5.74) is 3.44. The van der Waals surface area contributed by atoms with Crippen LogP contribution in [0.25, 0.3) is 15.9 Å². The minimum atomic E-state index is -0.123. The molecule has 4 aromatic rings. The second-order valence-corrected chi connectivity index (χ2v) is 10.0. The molecule has 2 atom stereocenters. The zero-order valence-corrected chi connectivity index (χ0v) is 20.8. The van der Waals surface area contributed by atoms with E-state index in [2.05, 4.69) is 10.4 Å². The number of benzene rings is 2. The summed E-state index contributed by atoms with van der Waals surface area (Å²) >= 11 is 1.43. The molecular weight excluding hydrogens is 460 g/mol. The van der Waals surface area contributed by atoms with Gasteiger partial charge >= 0.3 is 0 Å².